The van der Waals surface area contributed by atoms with E-state index in [4.69, 9.17) is 4.84 Å². The van der Waals surface area contributed by atoms with Crippen LogP contribution in [-0.2, 0) is 16.2 Å². The average Bonchev–Trinajstić information content (AvgIpc) is 3.17. The van der Waals surface area contributed by atoms with Crippen LogP contribution in [0.1, 0.15) is 40.7 Å². The number of carbonyl (C=O) groups excluding carboxylic acids is 2. The van der Waals surface area contributed by atoms with Crippen molar-refractivity contribution in [3.63, 3.8) is 0 Å². The molecular formula is C22H23FN4O3. The maximum atomic E-state index is 13.9. The highest BCUT2D eigenvalue weighted by Gasteiger charge is 2.45. The lowest BCUT2D eigenvalue weighted by atomic mass is 9.87. The number of nitrogens with zero attached hydrogens (tertiary/aromatic N) is 3. The number of hydrogen-bond donors (Lipinski definition) is 1. The van der Waals surface area contributed by atoms with Gasteiger partial charge in [0, 0.05) is 37.5 Å². The summed E-state index contributed by atoms with van der Waals surface area (Å²) in [6.07, 6.45) is 5.11. The second-order valence-corrected chi connectivity index (χ2v) is 7.83. The van der Waals surface area contributed by atoms with Crippen molar-refractivity contribution in [1.29, 1.82) is 0 Å². The minimum absolute atomic E-state index is 0.244. The third kappa shape index (κ3) is 4.17. The Labute approximate surface area is 173 Å². The number of rotatable bonds is 4. The van der Waals surface area contributed by atoms with Crippen LogP contribution in [0.4, 0.5) is 4.39 Å². The zero-order valence-electron chi connectivity index (χ0n) is 16.7. The van der Waals surface area contributed by atoms with E-state index in [-0.39, 0.29) is 11.8 Å². The summed E-state index contributed by atoms with van der Waals surface area (Å²) in [4.78, 5) is 36.7. The fraction of sp³-hybridized carbons (Fsp3) is 0.364. The van der Waals surface area contributed by atoms with Crippen LogP contribution in [0.5, 0.6) is 0 Å². The molecule has 1 saturated heterocycles. The molecule has 2 aromatic rings. The summed E-state index contributed by atoms with van der Waals surface area (Å²) in [6, 6.07) is 8.18. The van der Waals surface area contributed by atoms with Crippen molar-refractivity contribution in [3.8, 4) is 0 Å². The number of aromatic nitrogens is 1. The summed E-state index contributed by atoms with van der Waals surface area (Å²) >= 11 is 0. The van der Waals surface area contributed by atoms with Crippen LogP contribution >= 0.6 is 0 Å². The maximum Gasteiger partial charge on any atom is 0.269 e. The standard InChI is InChI=1S/C22H23FN4O3/c1-15-5-6-17(10-18(15)23)21(29)27-9-3-7-22(14-27)11-19(26-30-22)20(28)25-13-16-4-2-8-24-12-16/h2,4-6,8,10,12H,3,7,9,11,13-14H2,1H3,(H,25,28). The van der Waals surface area contributed by atoms with Gasteiger partial charge in [0.2, 0.25) is 0 Å². The van der Waals surface area contributed by atoms with Gasteiger partial charge in [-0.3, -0.25) is 14.6 Å². The van der Waals surface area contributed by atoms with Crippen LogP contribution in [0.15, 0.2) is 47.9 Å². The molecule has 1 atom stereocenters. The van der Waals surface area contributed by atoms with E-state index in [1.54, 1.807) is 42.4 Å². The molecule has 1 N–H and O–H groups in total. The molecule has 7 nitrogen and oxygen atoms in total. The smallest absolute Gasteiger partial charge is 0.269 e. The molecule has 0 radical (unpaired) electrons. The maximum absolute atomic E-state index is 13.9. The Kier molecular flexibility index (Phi) is 5.48. The third-order valence-electron chi connectivity index (χ3n) is 5.52. The number of oxime groups is 1. The van der Waals surface area contributed by atoms with Crippen LogP contribution in [0.2, 0.25) is 0 Å². The summed E-state index contributed by atoms with van der Waals surface area (Å²) < 4.78 is 13.9. The topological polar surface area (TPSA) is 83.9 Å². The highest BCUT2D eigenvalue weighted by Crippen LogP contribution is 2.34. The van der Waals surface area contributed by atoms with Crippen molar-refractivity contribution in [1.82, 2.24) is 15.2 Å². The molecule has 2 amide bonds. The third-order valence-corrected chi connectivity index (χ3v) is 5.52. The quantitative estimate of drug-likeness (QED) is 0.840. The lowest BCUT2D eigenvalue weighted by Gasteiger charge is -2.38. The van der Waals surface area contributed by atoms with Gasteiger partial charge in [0.05, 0.1) is 6.54 Å². The minimum Gasteiger partial charge on any atom is -0.386 e. The zero-order valence-corrected chi connectivity index (χ0v) is 16.7. The van der Waals surface area contributed by atoms with E-state index >= 15 is 0 Å². The van der Waals surface area contributed by atoms with Crippen molar-refractivity contribution in [3.05, 3.63) is 65.2 Å². The summed E-state index contributed by atoms with van der Waals surface area (Å²) in [6.45, 7) is 2.87. The van der Waals surface area contributed by atoms with Crippen molar-refractivity contribution in [2.75, 3.05) is 13.1 Å². The van der Waals surface area contributed by atoms with E-state index in [1.165, 1.54) is 6.07 Å². The highest BCUT2D eigenvalue weighted by molar-refractivity contribution is 6.39. The van der Waals surface area contributed by atoms with Crippen LogP contribution in [0, 0.1) is 12.7 Å². The van der Waals surface area contributed by atoms with E-state index < -0.39 is 11.4 Å². The molecule has 3 heterocycles. The lowest BCUT2D eigenvalue weighted by Crippen LogP contribution is -2.51. The van der Waals surface area contributed by atoms with Gasteiger partial charge in [-0.15, -0.1) is 0 Å². The molecule has 1 unspecified atom stereocenters. The van der Waals surface area contributed by atoms with Crippen LogP contribution in [-0.4, -0.2) is 46.1 Å². The molecular weight excluding hydrogens is 387 g/mol. The molecule has 1 fully saturated rings. The van der Waals surface area contributed by atoms with E-state index in [0.717, 1.165) is 12.0 Å². The molecule has 1 aromatic heterocycles. The van der Waals surface area contributed by atoms with Gasteiger partial charge in [-0.1, -0.05) is 17.3 Å². The number of aryl methyl sites for hydroxylation is 1. The number of benzene rings is 1. The molecule has 0 aliphatic carbocycles. The van der Waals surface area contributed by atoms with Gasteiger partial charge < -0.3 is 15.1 Å². The molecule has 8 heteroatoms. The molecule has 1 aromatic carbocycles. The second kappa shape index (κ2) is 8.22. The first-order chi connectivity index (χ1) is 14.5. The molecule has 2 aliphatic heterocycles. The van der Waals surface area contributed by atoms with Crippen LogP contribution < -0.4 is 5.32 Å². The molecule has 1 spiro atoms. The minimum atomic E-state index is -0.710. The number of hydrogen-bond acceptors (Lipinski definition) is 5. The summed E-state index contributed by atoms with van der Waals surface area (Å²) in [5.41, 5.74) is 1.30. The Hall–Kier alpha value is -3.29. The van der Waals surface area contributed by atoms with E-state index in [9.17, 15) is 14.0 Å². The molecule has 4 rings (SSSR count). The van der Waals surface area contributed by atoms with Gasteiger partial charge in [-0.05, 0) is 49.1 Å². The molecule has 2 aliphatic rings. The first-order valence-electron chi connectivity index (χ1n) is 9.93. The fourth-order valence-corrected chi connectivity index (χ4v) is 3.83. The predicted octanol–water partition coefficient (Wildman–Crippen LogP) is 2.60. The monoisotopic (exact) mass is 410 g/mol. The average molecular weight is 410 g/mol. The van der Waals surface area contributed by atoms with Crippen LogP contribution in [0.25, 0.3) is 0 Å². The lowest BCUT2D eigenvalue weighted by molar-refractivity contribution is -0.115. The predicted molar refractivity (Wildman–Crippen MR) is 108 cm³/mol. The summed E-state index contributed by atoms with van der Waals surface area (Å²) in [7, 11) is 0. The van der Waals surface area contributed by atoms with Gasteiger partial charge in [0.25, 0.3) is 11.8 Å². The normalized spacial score (nSPS) is 20.6. The second-order valence-electron chi connectivity index (χ2n) is 7.83. The summed E-state index contributed by atoms with van der Waals surface area (Å²) in [5.74, 6) is -0.938. The van der Waals surface area contributed by atoms with Gasteiger partial charge >= 0.3 is 0 Å². The van der Waals surface area contributed by atoms with Gasteiger partial charge in [-0.2, -0.15) is 0 Å². The largest absolute Gasteiger partial charge is 0.386 e. The number of likely N-dealkylation sites (tertiary alicyclic amines) is 1. The van der Waals surface area contributed by atoms with E-state index in [1.807, 2.05) is 6.07 Å². The SMILES string of the molecule is Cc1ccc(C(=O)N2CCCC3(CC(C(=O)NCc4cccnc4)=NO3)C2)cc1F. The van der Waals surface area contributed by atoms with Crippen molar-refractivity contribution >= 4 is 17.5 Å². The number of carbonyl (C=O) groups is 2. The number of piperidine rings is 1. The Bertz CT molecular complexity index is 995. The van der Waals surface area contributed by atoms with Crippen molar-refractivity contribution in [2.24, 2.45) is 5.16 Å². The van der Waals surface area contributed by atoms with Crippen molar-refractivity contribution in [2.45, 2.75) is 38.3 Å². The molecule has 0 bridgehead atoms. The first-order valence-corrected chi connectivity index (χ1v) is 9.93. The van der Waals surface area contributed by atoms with Crippen molar-refractivity contribution < 1.29 is 18.8 Å². The number of halogens is 1. The summed E-state index contributed by atoms with van der Waals surface area (Å²) in [5, 5.41) is 6.83. The van der Waals surface area contributed by atoms with Gasteiger partial charge in [0.1, 0.15) is 11.5 Å². The Balaban J connectivity index is 1.38. The zero-order chi connectivity index (χ0) is 21.1. The molecule has 0 saturated carbocycles. The van der Waals surface area contributed by atoms with E-state index in [2.05, 4.69) is 15.5 Å². The van der Waals surface area contributed by atoms with Crippen LogP contribution in [0.3, 0.4) is 0 Å². The Morgan fingerprint density at radius 2 is 2.20 bits per heavy atom. The van der Waals surface area contributed by atoms with Gasteiger partial charge in [0.15, 0.2) is 5.60 Å². The fourth-order valence-electron chi connectivity index (χ4n) is 3.83. The van der Waals surface area contributed by atoms with E-state index in [0.29, 0.717) is 49.3 Å². The molecule has 30 heavy (non-hydrogen) atoms. The Morgan fingerprint density at radius 3 is 2.97 bits per heavy atom. The highest BCUT2D eigenvalue weighted by atomic mass is 19.1. The molecule has 156 valence electrons. The first kappa shape index (κ1) is 20.0. The number of nitrogens with one attached hydrogen (secondary N) is 1. The Morgan fingerprint density at radius 1 is 1.33 bits per heavy atom. The van der Waals surface area contributed by atoms with Gasteiger partial charge in [-0.25, -0.2) is 4.39 Å². The number of amides is 2. The number of pyridine rings is 1.